The molecule has 0 aromatic heterocycles. The summed E-state index contributed by atoms with van der Waals surface area (Å²) < 4.78 is 5.09. The van der Waals surface area contributed by atoms with Gasteiger partial charge in [0.1, 0.15) is 5.60 Å². The summed E-state index contributed by atoms with van der Waals surface area (Å²) in [6, 6.07) is 6.55. The highest BCUT2D eigenvalue weighted by molar-refractivity contribution is 5.93. The molecule has 0 fully saturated rings. The first kappa shape index (κ1) is 15.0. The van der Waals surface area contributed by atoms with Crippen LogP contribution in [0.1, 0.15) is 36.7 Å². The van der Waals surface area contributed by atoms with Gasteiger partial charge < -0.3 is 10.1 Å². The molecule has 19 heavy (non-hydrogen) atoms. The van der Waals surface area contributed by atoms with Gasteiger partial charge in [0.05, 0.1) is 0 Å². The van der Waals surface area contributed by atoms with E-state index in [1.54, 1.807) is 50.5 Å². The zero-order valence-electron chi connectivity index (χ0n) is 11.2. The van der Waals surface area contributed by atoms with E-state index in [4.69, 9.17) is 9.94 Å². The molecule has 0 heterocycles. The van der Waals surface area contributed by atoms with E-state index in [2.05, 4.69) is 5.32 Å². The molecule has 0 atom stereocenters. The number of carbonyl (C=O) groups excluding carboxylic acids is 2. The number of ether oxygens (including phenoxy) is 1. The van der Waals surface area contributed by atoms with Crippen molar-refractivity contribution < 1.29 is 19.5 Å². The van der Waals surface area contributed by atoms with Crippen LogP contribution in [0, 0.1) is 0 Å². The zero-order chi connectivity index (χ0) is 14.5. The van der Waals surface area contributed by atoms with Crippen molar-refractivity contribution in [1.82, 2.24) is 10.8 Å². The van der Waals surface area contributed by atoms with E-state index in [1.807, 2.05) is 0 Å². The third kappa shape index (κ3) is 5.39. The number of hydroxylamine groups is 1. The van der Waals surface area contributed by atoms with Crippen LogP contribution in [-0.4, -0.2) is 22.8 Å². The molecule has 1 rings (SSSR count). The highest BCUT2D eigenvalue weighted by atomic mass is 16.6. The molecule has 104 valence electrons. The molecular formula is C13H18N2O4. The van der Waals surface area contributed by atoms with Crippen LogP contribution >= 0.6 is 0 Å². The number of carbonyl (C=O) groups is 2. The topological polar surface area (TPSA) is 87.7 Å². The maximum atomic E-state index is 11.5. The van der Waals surface area contributed by atoms with E-state index in [1.165, 1.54) is 0 Å². The number of benzene rings is 1. The molecule has 2 amide bonds. The van der Waals surface area contributed by atoms with Crippen molar-refractivity contribution in [3.8, 4) is 0 Å². The predicted octanol–water partition coefficient (Wildman–Crippen LogP) is 1.83. The van der Waals surface area contributed by atoms with Crippen LogP contribution in [0.25, 0.3) is 0 Å². The molecule has 0 spiro atoms. The number of rotatable bonds is 3. The third-order valence-electron chi connectivity index (χ3n) is 2.13. The summed E-state index contributed by atoms with van der Waals surface area (Å²) in [4.78, 5) is 22.7. The lowest BCUT2D eigenvalue weighted by molar-refractivity contribution is 0.0523. The molecule has 0 radical (unpaired) electrons. The van der Waals surface area contributed by atoms with Gasteiger partial charge in [0.25, 0.3) is 5.91 Å². The Labute approximate surface area is 111 Å². The standard InChI is InChI=1S/C13H18N2O4/c1-13(2,3)19-12(17)14-8-9-5-4-6-10(7-9)11(16)15-18/h4-7,18H,8H2,1-3H3,(H,14,17)(H,15,16). The Morgan fingerprint density at radius 3 is 2.58 bits per heavy atom. The van der Waals surface area contributed by atoms with Gasteiger partial charge in [0.2, 0.25) is 0 Å². The minimum Gasteiger partial charge on any atom is -0.444 e. The lowest BCUT2D eigenvalue weighted by Crippen LogP contribution is -2.32. The number of hydrogen-bond acceptors (Lipinski definition) is 4. The van der Waals surface area contributed by atoms with Crippen molar-refractivity contribution in [1.29, 1.82) is 0 Å². The number of alkyl carbamates (subject to hydrolysis) is 1. The van der Waals surface area contributed by atoms with Crippen LogP contribution in [0.3, 0.4) is 0 Å². The van der Waals surface area contributed by atoms with Crippen molar-refractivity contribution in [3.05, 3.63) is 35.4 Å². The van der Waals surface area contributed by atoms with Crippen molar-refractivity contribution in [2.75, 3.05) is 0 Å². The molecule has 0 aliphatic heterocycles. The molecule has 0 aliphatic carbocycles. The molecular weight excluding hydrogens is 248 g/mol. The summed E-state index contributed by atoms with van der Waals surface area (Å²) in [6.45, 7) is 5.57. The molecule has 1 aromatic carbocycles. The van der Waals surface area contributed by atoms with E-state index in [0.717, 1.165) is 5.56 Å². The SMILES string of the molecule is CC(C)(C)OC(=O)NCc1cccc(C(=O)NO)c1. The van der Waals surface area contributed by atoms with Gasteiger partial charge >= 0.3 is 6.09 Å². The Morgan fingerprint density at radius 2 is 2.00 bits per heavy atom. The maximum absolute atomic E-state index is 11.5. The van der Waals surface area contributed by atoms with Gasteiger partial charge in [-0.2, -0.15) is 0 Å². The lowest BCUT2D eigenvalue weighted by Gasteiger charge is -2.19. The van der Waals surface area contributed by atoms with Gasteiger partial charge in [-0.3, -0.25) is 10.0 Å². The first-order valence-electron chi connectivity index (χ1n) is 5.82. The fraction of sp³-hybridized carbons (Fsp3) is 0.385. The second-order valence-corrected chi connectivity index (χ2v) is 5.00. The fourth-order valence-electron chi connectivity index (χ4n) is 1.38. The van der Waals surface area contributed by atoms with E-state index < -0.39 is 17.6 Å². The first-order valence-corrected chi connectivity index (χ1v) is 5.82. The smallest absolute Gasteiger partial charge is 0.407 e. The maximum Gasteiger partial charge on any atom is 0.407 e. The molecule has 6 heteroatoms. The van der Waals surface area contributed by atoms with Crippen LogP contribution in [0.2, 0.25) is 0 Å². The second kappa shape index (κ2) is 6.19. The highest BCUT2D eigenvalue weighted by Crippen LogP contribution is 2.08. The summed E-state index contributed by atoms with van der Waals surface area (Å²) in [5.41, 5.74) is 2.04. The summed E-state index contributed by atoms with van der Waals surface area (Å²) >= 11 is 0. The Morgan fingerprint density at radius 1 is 1.32 bits per heavy atom. The molecule has 0 saturated carbocycles. The van der Waals surface area contributed by atoms with Gasteiger partial charge in [-0.1, -0.05) is 12.1 Å². The Kier molecular flexibility index (Phi) is 4.88. The summed E-state index contributed by atoms with van der Waals surface area (Å²) in [5, 5.41) is 11.1. The van der Waals surface area contributed by atoms with Crippen molar-refractivity contribution >= 4 is 12.0 Å². The second-order valence-electron chi connectivity index (χ2n) is 5.00. The van der Waals surface area contributed by atoms with Crippen LogP contribution in [-0.2, 0) is 11.3 Å². The van der Waals surface area contributed by atoms with Gasteiger partial charge in [0.15, 0.2) is 0 Å². The number of amides is 2. The third-order valence-corrected chi connectivity index (χ3v) is 2.13. The Hall–Kier alpha value is -2.08. The molecule has 6 nitrogen and oxygen atoms in total. The van der Waals surface area contributed by atoms with Crippen molar-refractivity contribution in [3.63, 3.8) is 0 Å². The normalized spacial score (nSPS) is 10.7. The lowest BCUT2D eigenvalue weighted by atomic mass is 10.1. The van der Waals surface area contributed by atoms with Gasteiger partial charge in [-0.05, 0) is 38.5 Å². The zero-order valence-corrected chi connectivity index (χ0v) is 11.2. The number of nitrogens with one attached hydrogen (secondary N) is 2. The Bertz CT molecular complexity index is 466. The molecule has 1 aromatic rings. The minimum atomic E-state index is -0.598. The van der Waals surface area contributed by atoms with Crippen molar-refractivity contribution in [2.24, 2.45) is 0 Å². The van der Waals surface area contributed by atoms with Crippen LogP contribution in [0.4, 0.5) is 4.79 Å². The summed E-state index contributed by atoms with van der Waals surface area (Å²) in [6.07, 6.45) is -0.524. The fourth-order valence-corrected chi connectivity index (χ4v) is 1.38. The molecule has 0 bridgehead atoms. The van der Waals surface area contributed by atoms with E-state index >= 15 is 0 Å². The largest absolute Gasteiger partial charge is 0.444 e. The minimum absolute atomic E-state index is 0.238. The Balaban J connectivity index is 2.59. The van der Waals surface area contributed by atoms with Gasteiger partial charge in [-0.15, -0.1) is 0 Å². The predicted molar refractivity (Wildman–Crippen MR) is 68.8 cm³/mol. The number of hydrogen-bond donors (Lipinski definition) is 3. The van der Waals surface area contributed by atoms with Crippen LogP contribution in [0.15, 0.2) is 24.3 Å². The molecule has 0 aliphatic rings. The van der Waals surface area contributed by atoms with Gasteiger partial charge in [-0.25, -0.2) is 10.3 Å². The van der Waals surface area contributed by atoms with E-state index in [9.17, 15) is 9.59 Å². The molecule has 0 unspecified atom stereocenters. The van der Waals surface area contributed by atoms with E-state index in [-0.39, 0.29) is 6.54 Å². The molecule has 3 N–H and O–H groups in total. The first-order chi connectivity index (χ1) is 8.81. The van der Waals surface area contributed by atoms with Crippen molar-refractivity contribution in [2.45, 2.75) is 32.9 Å². The molecule has 0 saturated heterocycles. The summed E-state index contributed by atoms with van der Waals surface area (Å²) in [5.74, 6) is -0.598. The van der Waals surface area contributed by atoms with Gasteiger partial charge in [0, 0.05) is 12.1 Å². The summed E-state index contributed by atoms with van der Waals surface area (Å²) in [7, 11) is 0. The van der Waals surface area contributed by atoms with Crippen LogP contribution < -0.4 is 10.8 Å². The highest BCUT2D eigenvalue weighted by Gasteiger charge is 2.15. The quantitative estimate of drug-likeness (QED) is 0.575. The van der Waals surface area contributed by atoms with Crippen LogP contribution in [0.5, 0.6) is 0 Å². The monoisotopic (exact) mass is 266 g/mol. The average Bonchev–Trinajstić information content (AvgIpc) is 2.34. The van der Waals surface area contributed by atoms with E-state index in [0.29, 0.717) is 5.56 Å². The average molecular weight is 266 g/mol.